The van der Waals surface area contributed by atoms with Crippen molar-refractivity contribution in [2.75, 3.05) is 59.8 Å². The van der Waals surface area contributed by atoms with Gasteiger partial charge in [-0.25, -0.2) is 14.8 Å². The van der Waals surface area contributed by atoms with Gasteiger partial charge in [-0.15, -0.1) is 0 Å². The minimum absolute atomic E-state index is 0.187. The lowest BCUT2D eigenvalue weighted by Crippen LogP contribution is -2.48. The summed E-state index contributed by atoms with van der Waals surface area (Å²) < 4.78 is 1.70. The maximum atomic E-state index is 13.8. The van der Waals surface area contributed by atoms with Gasteiger partial charge in [0.2, 0.25) is 23.7 Å². The SMILES string of the molecule is CC=Nc1c(N[C@H](CO)Cc2ccccc2)nc(N2CC[C@@H](NC(=O)N[C@@H]3CCN(c4nc(NC(CO)Cc5ccccc5)c5ncn([C@@H]6C[C@H](NC(=O)CC)[C@@H](O)[C@H]6O)c5n4)C3)C2)nc1[C@@H]1C[C@H](NC(=O)CC)[C@@H](O)[C@H]1O. The van der Waals surface area contributed by atoms with Crippen LogP contribution in [0.25, 0.3) is 11.2 Å². The standard InChI is InChI=1S/C54H73N15O9/c1-4-40(72)61-37-23-36(45(74)46(37)75)42-43(55-6-3)49(57-34(27-70)21-30-13-9-7-10-14-30)64-52(63-42)67-19-17-32(25-67)59-54(78)60-33-18-20-68(26-33)53-65-50(58-35(28-71)22-31-15-11-8-12-16-31)44-51(66-53)69(29-56-44)39-24-38(47(76)48(39)77)62-41(73)5-2/h6-16,29,32-39,45-48,70-71,74-77H,4-5,17-28H2,1-3H3,(H,61,72)(H,62,73)(H,57,63,64)(H,58,65,66)(H2,59,60,78)/t32-,33-,34+,35?,36+,37+,38+,39-,45+,46-,47-,48+/m1/s1. The van der Waals surface area contributed by atoms with Crippen molar-refractivity contribution in [2.24, 2.45) is 4.99 Å². The van der Waals surface area contributed by atoms with Crippen molar-refractivity contribution in [1.82, 2.24) is 50.8 Å². The second-order valence-corrected chi connectivity index (χ2v) is 20.8. The number of rotatable bonds is 21. The summed E-state index contributed by atoms with van der Waals surface area (Å²) in [4.78, 5) is 71.7. The van der Waals surface area contributed by atoms with E-state index in [4.69, 9.17) is 19.9 Å². The summed E-state index contributed by atoms with van der Waals surface area (Å²) in [6, 6.07) is 15.4. The van der Waals surface area contributed by atoms with E-state index in [9.17, 15) is 45.0 Å². The topological polar surface area (TPSA) is 333 Å². The van der Waals surface area contributed by atoms with Crippen LogP contribution in [-0.4, -0.2) is 184 Å². The summed E-state index contributed by atoms with van der Waals surface area (Å²) in [5, 5.41) is 84.8. The Morgan fingerprint density at radius 1 is 0.679 bits per heavy atom. The molecule has 5 aromatic rings. The third-order valence-corrected chi connectivity index (χ3v) is 15.3. The van der Waals surface area contributed by atoms with E-state index in [0.717, 1.165) is 11.1 Å². The summed E-state index contributed by atoms with van der Waals surface area (Å²) in [5.41, 5.74) is 3.48. The molecule has 0 bridgehead atoms. The van der Waals surface area contributed by atoms with Crippen molar-refractivity contribution in [3.63, 3.8) is 0 Å². The molecule has 0 spiro atoms. The lowest BCUT2D eigenvalue weighted by molar-refractivity contribution is -0.123. The van der Waals surface area contributed by atoms with Crippen LogP contribution in [0.5, 0.6) is 0 Å². The minimum atomic E-state index is -1.29. The van der Waals surface area contributed by atoms with Gasteiger partial charge in [0.25, 0.3) is 0 Å². The lowest BCUT2D eigenvalue weighted by Gasteiger charge is -2.25. The number of hydrogen-bond acceptors (Lipinski definition) is 19. The van der Waals surface area contributed by atoms with E-state index in [0.29, 0.717) is 97.9 Å². The number of aliphatic hydroxyl groups is 6. The lowest BCUT2D eigenvalue weighted by atomic mass is 9.98. The molecule has 0 radical (unpaired) electrons. The Bertz CT molecular complexity index is 2880. The molecular weight excluding hydrogens is 1000 g/mol. The highest BCUT2D eigenvalue weighted by atomic mass is 16.3. The van der Waals surface area contributed by atoms with E-state index in [1.165, 1.54) is 0 Å². The quantitative estimate of drug-likeness (QED) is 0.0459. The number of hydrogen-bond donors (Lipinski definition) is 12. The number of aliphatic hydroxyl groups excluding tert-OH is 6. The molecule has 24 nitrogen and oxygen atoms in total. The first kappa shape index (κ1) is 55.7. The van der Waals surface area contributed by atoms with Gasteiger partial charge in [-0.05, 0) is 56.6 Å². The monoisotopic (exact) mass is 1080 g/mol. The fourth-order valence-corrected chi connectivity index (χ4v) is 11.1. The van der Waals surface area contributed by atoms with E-state index >= 15 is 0 Å². The molecule has 2 aliphatic carbocycles. The molecule has 4 fully saturated rings. The third-order valence-electron chi connectivity index (χ3n) is 15.3. The molecule has 5 heterocycles. The Morgan fingerprint density at radius 2 is 1.21 bits per heavy atom. The summed E-state index contributed by atoms with van der Waals surface area (Å²) in [7, 11) is 0. The number of nitrogens with one attached hydrogen (secondary N) is 6. The molecule has 418 valence electrons. The van der Waals surface area contributed by atoms with Crippen molar-refractivity contribution in [3.8, 4) is 0 Å². The molecule has 2 aromatic carbocycles. The predicted octanol–water partition coefficient (Wildman–Crippen LogP) is 1.19. The van der Waals surface area contributed by atoms with Gasteiger partial charge in [0.1, 0.15) is 24.0 Å². The molecule has 9 rings (SSSR count). The fourth-order valence-electron chi connectivity index (χ4n) is 11.1. The Labute approximate surface area is 452 Å². The van der Waals surface area contributed by atoms with Gasteiger partial charge >= 0.3 is 6.03 Å². The molecule has 12 N–H and O–H groups in total. The number of carbonyl (C=O) groups is 3. The zero-order valence-corrected chi connectivity index (χ0v) is 44.2. The molecule has 1 unspecified atom stereocenters. The average molecular weight is 1080 g/mol. The van der Waals surface area contributed by atoms with Crippen LogP contribution in [0.4, 0.5) is 34.0 Å². The molecule has 4 aliphatic rings. The van der Waals surface area contributed by atoms with Crippen LogP contribution in [0.3, 0.4) is 0 Å². The number of amides is 4. The predicted molar refractivity (Wildman–Crippen MR) is 293 cm³/mol. The van der Waals surface area contributed by atoms with E-state index in [2.05, 4.69) is 41.9 Å². The molecule has 2 aliphatic heterocycles. The minimum Gasteiger partial charge on any atom is -0.394 e. The molecular formula is C54H73N15O9. The highest BCUT2D eigenvalue weighted by molar-refractivity contribution is 5.85. The first-order valence-corrected chi connectivity index (χ1v) is 27.1. The van der Waals surface area contributed by atoms with Gasteiger partial charge in [0.15, 0.2) is 22.8 Å². The smallest absolute Gasteiger partial charge is 0.315 e. The van der Waals surface area contributed by atoms with Gasteiger partial charge < -0.3 is 76.9 Å². The van der Waals surface area contributed by atoms with Crippen LogP contribution in [0.15, 0.2) is 72.0 Å². The van der Waals surface area contributed by atoms with Crippen LogP contribution >= 0.6 is 0 Å². The van der Waals surface area contributed by atoms with E-state index in [1.807, 2.05) is 70.5 Å². The first-order valence-electron chi connectivity index (χ1n) is 27.1. The normalized spacial score (nSPS) is 25.9. The number of benzene rings is 2. The summed E-state index contributed by atoms with van der Waals surface area (Å²) in [6.07, 6.45) is 1.03. The number of fused-ring (bicyclic) bond motifs is 1. The van der Waals surface area contributed by atoms with Crippen LogP contribution in [0, 0.1) is 0 Å². The first-order chi connectivity index (χ1) is 37.8. The Hall–Kier alpha value is -7.09. The summed E-state index contributed by atoms with van der Waals surface area (Å²) in [6.45, 7) is 6.38. The average Bonchev–Trinajstić information content (AvgIpc) is 4.43. The van der Waals surface area contributed by atoms with Crippen LogP contribution in [0.1, 0.15) is 88.1 Å². The third kappa shape index (κ3) is 12.6. The fraction of sp³-hybridized carbons (Fsp3) is 0.537. The van der Waals surface area contributed by atoms with Crippen molar-refractivity contribution in [2.45, 2.75) is 145 Å². The van der Waals surface area contributed by atoms with Gasteiger partial charge in [-0.1, -0.05) is 74.5 Å². The highest BCUT2D eigenvalue weighted by Gasteiger charge is 2.46. The van der Waals surface area contributed by atoms with Crippen molar-refractivity contribution < 1.29 is 45.0 Å². The summed E-state index contributed by atoms with van der Waals surface area (Å²) in [5.74, 6) is 0.0751. The van der Waals surface area contributed by atoms with Gasteiger partial charge in [-0.2, -0.15) is 15.0 Å². The second-order valence-electron chi connectivity index (χ2n) is 20.8. The molecule has 12 atom stereocenters. The van der Waals surface area contributed by atoms with Gasteiger partial charge in [0.05, 0.1) is 61.5 Å². The number of anilines is 4. The van der Waals surface area contributed by atoms with Gasteiger partial charge in [-0.3, -0.25) is 14.6 Å². The van der Waals surface area contributed by atoms with Crippen molar-refractivity contribution in [1.29, 1.82) is 0 Å². The Balaban J connectivity index is 0.913. The number of aromatic nitrogens is 6. The number of imidazole rings is 1. The molecule has 2 saturated heterocycles. The van der Waals surface area contributed by atoms with Crippen LogP contribution in [0.2, 0.25) is 0 Å². The zero-order valence-electron chi connectivity index (χ0n) is 44.2. The Morgan fingerprint density at radius 3 is 1.76 bits per heavy atom. The highest BCUT2D eigenvalue weighted by Crippen LogP contribution is 2.43. The largest absolute Gasteiger partial charge is 0.394 e. The molecule has 2 saturated carbocycles. The number of aliphatic imine (C=N–C) groups is 1. The van der Waals surface area contributed by atoms with E-state index < -0.39 is 60.5 Å². The number of nitrogens with zero attached hydrogens (tertiary/aromatic N) is 9. The van der Waals surface area contributed by atoms with Crippen molar-refractivity contribution >= 4 is 64.4 Å². The zero-order chi connectivity index (χ0) is 55.0. The van der Waals surface area contributed by atoms with Crippen molar-refractivity contribution in [3.05, 3.63) is 83.8 Å². The van der Waals surface area contributed by atoms with E-state index in [-0.39, 0.29) is 68.8 Å². The van der Waals surface area contributed by atoms with Gasteiger partial charge in [0, 0.05) is 63.2 Å². The second kappa shape index (κ2) is 25.1. The van der Waals surface area contributed by atoms with E-state index in [1.54, 1.807) is 37.9 Å². The van der Waals surface area contributed by atoms with Crippen LogP contribution < -0.4 is 41.7 Å². The maximum Gasteiger partial charge on any atom is 0.315 e. The molecule has 78 heavy (non-hydrogen) atoms. The molecule has 4 amide bonds. The maximum absolute atomic E-state index is 13.8. The Kier molecular flexibility index (Phi) is 17.9. The molecule has 24 heteroatoms. The van der Waals surface area contributed by atoms with Crippen LogP contribution in [-0.2, 0) is 22.4 Å². The molecule has 3 aromatic heterocycles. The number of carbonyl (C=O) groups excluding carboxylic acids is 3. The summed E-state index contributed by atoms with van der Waals surface area (Å²) >= 11 is 0. The number of urea groups is 1.